The number of amidine groups is 1. The molecule has 1 aliphatic heterocycles. The number of rotatable bonds is 9. The molecule has 1 aromatic heterocycles. The molecule has 0 atom stereocenters. The van der Waals surface area contributed by atoms with E-state index in [1.807, 2.05) is 42.5 Å². The van der Waals surface area contributed by atoms with E-state index in [0.29, 0.717) is 17.3 Å². The Balaban J connectivity index is 1.47. The molecule has 1 N–H and O–H groups in total. The molecule has 0 fully saturated rings. The van der Waals surface area contributed by atoms with Gasteiger partial charge in [0.05, 0.1) is 31.9 Å². The van der Waals surface area contributed by atoms with Gasteiger partial charge >= 0.3 is 0 Å². The Hall–Kier alpha value is -5.23. The van der Waals surface area contributed by atoms with Crippen molar-refractivity contribution in [2.45, 2.75) is 4.90 Å². The Kier molecular flexibility index (Phi) is 7.66. The van der Waals surface area contributed by atoms with E-state index in [1.54, 1.807) is 37.5 Å². The van der Waals surface area contributed by atoms with E-state index < -0.39 is 10.0 Å². The number of sulfonamides is 1. The lowest BCUT2D eigenvalue weighted by Crippen LogP contribution is -2.32. The molecule has 4 aromatic rings. The van der Waals surface area contributed by atoms with Crippen LogP contribution in [0, 0.1) is 0 Å². The first-order valence-corrected chi connectivity index (χ1v) is 13.7. The lowest BCUT2D eigenvalue weighted by molar-refractivity contribution is -0.113. The number of amides is 1. The molecule has 5 rings (SSSR count). The average molecular weight is 572 g/mol. The molecule has 0 unspecified atom stereocenters. The van der Waals surface area contributed by atoms with E-state index in [1.165, 1.54) is 31.3 Å². The van der Waals surface area contributed by atoms with Crippen LogP contribution in [0.3, 0.4) is 0 Å². The van der Waals surface area contributed by atoms with Crippen LogP contribution in [0.2, 0.25) is 0 Å². The van der Waals surface area contributed by atoms with Crippen LogP contribution in [-0.2, 0) is 14.8 Å². The topological polar surface area (TPSA) is 132 Å². The van der Waals surface area contributed by atoms with Gasteiger partial charge in [-0.25, -0.2) is 18.4 Å². The SMILES string of the molecule is COc1ccc(/C=C2\N=C(c3ccccc3)N(c3ccc(S(=O)(=O)Nc4ncnc(OC)c4OC)cc3)C2=O)cc1. The molecular weight excluding hydrogens is 546 g/mol. The van der Waals surface area contributed by atoms with Crippen molar-refractivity contribution in [2.75, 3.05) is 31.0 Å². The molecular formula is C29H25N5O6S. The number of carbonyl (C=O) groups is 1. The number of aromatic nitrogens is 2. The highest BCUT2D eigenvalue weighted by Gasteiger charge is 2.33. The molecule has 41 heavy (non-hydrogen) atoms. The number of nitrogens with zero attached hydrogens (tertiary/aromatic N) is 4. The van der Waals surface area contributed by atoms with Gasteiger partial charge in [0.15, 0.2) is 5.82 Å². The summed E-state index contributed by atoms with van der Waals surface area (Å²) in [4.78, 5) is 27.5. The molecule has 11 nitrogen and oxygen atoms in total. The minimum atomic E-state index is -4.08. The van der Waals surface area contributed by atoms with Crippen LogP contribution in [0.5, 0.6) is 17.4 Å². The summed E-state index contributed by atoms with van der Waals surface area (Å²) >= 11 is 0. The number of carbonyl (C=O) groups excluding carboxylic acids is 1. The third kappa shape index (κ3) is 5.58. The Morgan fingerprint density at radius 2 is 1.54 bits per heavy atom. The second-order valence-corrected chi connectivity index (χ2v) is 10.3. The van der Waals surface area contributed by atoms with Gasteiger partial charge in [0.25, 0.3) is 21.8 Å². The van der Waals surface area contributed by atoms with Crippen LogP contribution in [0.15, 0.2) is 101 Å². The first kappa shape index (κ1) is 27.3. The summed E-state index contributed by atoms with van der Waals surface area (Å²) in [5, 5.41) is 0. The molecule has 1 amide bonds. The zero-order valence-corrected chi connectivity index (χ0v) is 23.1. The summed E-state index contributed by atoms with van der Waals surface area (Å²) in [6.07, 6.45) is 2.85. The number of benzene rings is 3. The number of hydrogen-bond acceptors (Lipinski definition) is 9. The molecule has 2 heterocycles. The van der Waals surface area contributed by atoms with Crippen molar-refractivity contribution >= 4 is 39.3 Å². The maximum absolute atomic E-state index is 13.6. The Morgan fingerprint density at radius 3 is 2.17 bits per heavy atom. The zero-order valence-electron chi connectivity index (χ0n) is 22.3. The minimum Gasteiger partial charge on any atom is -0.497 e. The molecule has 1 aliphatic rings. The van der Waals surface area contributed by atoms with Crippen LogP contribution in [0.25, 0.3) is 6.08 Å². The monoisotopic (exact) mass is 571 g/mol. The molecule has 208 valence electrons. The summed E-state index contributed by atoms with van der Waals surface area (Å²) < 4.78 is 44.3. The number of ether oxygens (including phenoxy) is 3. The lowest BCUT2D eigenvalue weighted by Gasteiger charge is -2.19. The van der Waals surface area contributed by atoms with Crippen molar-refractivity contribution in [3.8, 4) is 17.4 Å². The average Bonchev–Trinajstić information content (AvgIpc) is 3.33. The highest BCUT2D eigenvalue weighted by Crippen LogP contribution is 2.33. The maximum Gasteiger partial charge on any atom is 0.282 e. The molecule has 12 heteroatoms. The third-order valence-electron chi connectivity index (χ3n) is 6.12. The van der Waals surface area contributed by atoms with E-state index in [-0.39, 0.29) is 33.9 Å². The molecule has 0 saturated carbocycles. The quantitative estimate of drug-likeness (QED) is 0.297. The third-order valence-corrected chi connectivity index (χ3v) is 7.47. The van der Waals surface area contributed by atoms with E-state index >= 15 is 0 Å². The smallest absolute Gasteiger partial charge is 0.282 e. The fraction of sp³-hybridized carbons (Fsp3) is 0.103. The number of aliphatic imine (C=N–C) groups is 1. The normalized spacial score (nSPS) is 14.1. The highest BCUT2D eigenvalue weighted by molar-refractivity contribution is 7.92. The van der Waals surface area contributed by atoms with Gasteiger partial charge in [-0.2, -0.15) is 4.98 Å². The largest absolute Gasteiger partial charge is 0.497 e. The number of hydrogen-bond donors (Lipinski definition) is 1. The Labute approximate surface area is 236 Å². The van der Waals surface area contributed by atoms with E-state index in [4.69, 9.17) is 14.2 Å². The molecule has 0 bridgehead atoms. The second kappa shape index (κ2) is 11.5. The summed E-state index contributed by atoms with van der Waals surface area (Å²) in [5.74, 6) is 0.798. The number of methoxy groups -OCH3 is 3. The van der Waals surface area contributed by atoms with Gasteiger partial charge in [-0.3, -0.25) is 14.4 Å². The lowest BCUT2D eigenvalue weighted by atomic mass is 10.1. The van der Waals surface area contributed by atoms with Gasteiger partial charge in [0.1, 0.15) is 23.6 Å². The van der Waals surface area contributed by atoms with Gasteiger partial charge in [-0.1, -0.05) is 42.5 Å². The van der Waals surface area contributed by atoms with Gasteiger partial charge in [0.2, 0.25) is 5.75 Å². The molecule has 0 saturated heterocycles. The maximum atomic E-state index is 13.6. The molecule has 0 radical (unpaired) electrons. The Bertz CT molecular complexity index is 1740. The van der Waals surface area contributed by atoms with Crippen molar-refractivity contribution in [3.05, 3.63) is 102 Å². The van der Waals surface area contributed by atoms with E-state index in [9.17, 15) is 13.2 Å². The summed E-state index contributed by atoms with van der Waals surface area (Å²) in [7, 11) is 0.236. The summed E-state index contributed by atoms with van der Waals surface area (Å²) in [6.45, 7) is 0. The van der Waals surface area contributed by atoms with Crippen LogP contribution in [-0.4, -0.2) is 51.5 Å². The van der Waals surface area contributed by atoms with Crippen molar-refractivity contribution in [3.63, 3.8) is 0 Å². The summed E-state index contributed by atoms with van der Waals surface area (Å²) in [5.41, 5.74) is 2.17. The van der Waals surface area contributed by atoms with Gasteiger partial charge in [-0.15, -0.1) is 0 Å². The first-order chi connectivity index (χ1) is 19.8. The minimum absolute atomic E-state index is 0.0396. The number of nitrogens with one attached hydrogen (secondary N) is 1. The van der Waals surface area contributed by atoms with Crippen LogP contribution in [0.1, 0.15) is 11.1 Å². The van der Waals surface area contributed by atoms with Crippen LogP contribution in [0.4, 0.5) is 11.5 Å². The summed E-state index contributed by atoms with van der Waals surface area (Å²) in [6, 6.07) is 22.4. The number of anilines is 2. The van der Waals surface area contributed by atoms with Gasteiger partial charge in [0, 0.05) is 5.56 Å². The Morgan fingerprint density at radius 1 is 0.829 bits per heavy atom. The van der Waals surface area contributed by atoms with Crippen molar-refractivity contribution < 1.29 is 27.4 Å². The molecule has 0 spiro atoms. The van der Waals surface area contributed by atoms with E-state index in [2.05, 4.69) is 19.7 Å². The first-order valence-electron chi connectivity index (χ1n) is 12.2. The van der Waals surface area contributed by atoms with Crippen LogP contribution >= 0.6 is 0 Å². The van der Waals surface area contributed by atoms with Crippen molar-refractivity contribution in [1.29, 1.82) is 0 Å². The van der Waals surface area contributed by atoms with Gasteiger partial charge in [-0.05, 0) is 48.0 Å². The van der Waals surface area contributed by atoms with Gasteiger partial charge < -0.3 is 14.2 Å². The van der Waals surface area contributed by atoms with E-state index in [0.717, 1.165) is 17.5 Å². The predicted molar refractivity (Wildman–Crippen MR) is 154 cm³/mol. The van der Waals surface area contributed by atoms with Crippen molar-refractivity contribution in [2.24, 2.45) is 4.99 Å². The highest BCUT2D eigenvalue weighted by atomic mass is 32.2. The predicted octanol–water partition coefficient (Wildman–Crippen LogP) is 4.14. The standard InChI is InChI=1S/C29H25N5O6S/c1-38-22-13-9-19(10-14-22)17-24-29(35)34(27(32-24)20-7-5-4-6-8-20)21-11-15-23(16-12-21)41(36,37)33-26-25(39-2)28(40-3)31-18-30-26/h4-18H,1-3H3,(H,30,31,33)/b24-17-. The second-order valence-electron chi connectivity index (χ2n) is 8.61. The fourth-order valence-electron chi connectivity index (χ4n) is 4.12. The molecule has 0 aliphatic carbocycles. The molecule has 3 aromatic carbocycles. The van der Waals surface area contributed by atoms with Crippen molar-refractivity contribution in [1.82, 2.24) is 9.97 Å². The zero-order chi connectivity index (χ0) is 29.0. The van der Waals surface area contributed by atoms with Crippen LogP contribution < -0.4 is 23.8 Å². The fourth-order valence-corrected chi connectivity index (χ4v) is 5.13.